The zero-order chi connectivity index (χ0) is 19.6. The molecule has 6 heteroatoms. The molecule has 0 fully saturated rings. The fourth-order valence-electron chi connectivity index (χ4n) is 2.31. The number of hydrogen-bond donors (Lipinski definition) is 2. The maximum absolute atomic E-state index is 12.0. The smallest absolute Gasteiger partial charge is 0.248 e. The minimum Gasteiger partial charge on any atom is -0.493 e. The van der Waals surface area contributed by atoms with Crippen molar-refractivity contribution in [1.29, 1.82) is 0 Å². The van der Waals surface area contributed by atoms with Gasteiger partial charge in [-0.1, -0.05) is 30.9 Å². The second-order valence-corrected chi connectivity index (χ2v) is 5.63. The van der Waals surface area contributed by atoms with Crippen molar-refractivity contribution in [2.75, 3.05) is 13.7 Å². The average molecular weight is 366 g/mol. The number of amides is 2. The van der Waals surface area contributed by atoms with E-state index in [2.05, 4.69) is 11.9 Å². The van der Waals surface area contributed by atoms with Gasteiger partial charge in [-0.2, -0.15) is 0 Å². The van der Waals surface area contributed by atoms with Crippen molar-refractivity contribution in [3.63, 3.8) is 0 Å². The molecule has 0 aliphatic rings. The molecule has 6 nitrogen and oxygen atoms in total. The van der Waals surface area contributed by atoms with E-state index in [0.717, 1.165) is 11.1 Å². The highest BCUT2D eigenvalue weighted by Gasteiger charge is 2.05. The number of hydrogen-bond acceptors (Lipinski definition) is 4. The van der Waals surface area contributed by atoms with Crippen molar-refractivity contribution in [1.82, 2.24) is 5.32 Å². The first-order valence-corrected chi connectivity index (χ1v) is 8.30. The molecule has 0 radical (unpaired) electrons. The predicted octanol–water partition coefficient (Wildman–Crippen LogP) is 2.69. The predicted molar refractivity (Wildman–Crippen MR) is 105 cm³/mol. The Bertz CT molecular complexity index is 859. The average Bonchev–Trinajstić information content (AvgIpc) is 2.69. The number of rotatable bonds is 9. The highest BCUT2D eigenvalue weighted by atomic mass is 16.5. The number of methoxy groups -OCH3 is 1. The quantitative estimate of drug-likeness (QED) is 0.527. The second kappa shape index (κ2) is 9.82. The van der Waals surface area contributed by atoms with Crippen molar-refractivity contribution in [2.24, 2.45) is 5.73 Å². The van der Waals surface area contributed by atoms with E-state index in [0.29, 0.717) is 30.2 Å². The van der Waals surface area contributed by atoms with Crippen molar-refractivity contribution < 1.29 is 19.1 Å². The molecule has 0 heterocycles. The van der Waals surface area contributed by atoms with Gasteiger partial charge in [-0.05, 0) is 41.5 Å². The Balaban J connectivity index is 1.97. The van der Waals surface area contributed by atoms with Gasteiger partial charge in [0, 0.05) is 18.2 Å². The molecular formula is C21H22N2O4. The summed E-state index contributed by atoms with van der Waals surface area (Å²) >= 11 is 0. The van der Waals surface area contributed by atoms with Gasteiger partial charge in [0.1, 0.15) is 6.61 Å². The summed E-state index contributed by atoms with van der Waals surface area (Å²) in [7, 11) is 1.55. The van der Waals surface area contributed by atoms with Crippen molar-refractivity contribution in [2.45, 2.75) is 6.54 Å². The highest BCUT2D eigenvalue weighted by Crippen LogP contribution is 2.28. The molecule has 0 aliphatic carbocycles. The van der Waals surface area contributed by atoms with Crippen LogP contribution in [0.25, 0.3) is 6.08 Å². The number of nitrogens with one attached hydrogen (secondary N) is 1. The summed E-state index contributed by atoms with van der Waals surface area (Å²) in [5.74, 6) is 0.416. The Hall–Kier alpha value is -3.54. The van der Waals surface area contributed by atoms with Crippen LogP contribution in [0.5, 0.6) is 11.5 Å². The molecule has 0 bridgehead atoms. The first-order valence-electron chi connectivity index (χ1n) is 8.30. The van der Waals surface area contributed by atoms with Crippen molar-refractivity contribution in [3.8, 4) is 11.5 Å². The van der Waals surface area contributed by atoms with Gasteiger partial charge in [0.05, 0.1) is 7.11 Å². The van der Waals surface area contributed by atoms with E-state index in [1.807, 2.05) is 12.1 Å². The summed E-state index contributed by atoms with van der Waals surface area (Å²) < 4.78 is 10.8. The van der Waals surface area contributed by atoms with Gasteiger partial charge in [-0.3, -0.25) is 9.59 Å². The van der Waals surface area contributed by atoms with E-state index >= 15 is 0 Å². The number of carbonyl (C=O) groups is 2. The summed E-state index contributed by atoms with van der Waals surface area (Å²) in [6.45, 7) is 4.28. The molecule has 27 heavy (non-hydrogen) atoms. The molecule has 2 aromatic rings. The van der Waals surface area contributed by atoms with E-state index in [1.54, 1.807) is 49.6 Å². The van der Waals surface area contributed by atoms with Crippen molar-refractivity contribution >= 4 is 17.9 Å². The van der Waals surface area contributed by atoms with Crippen LogP contribution in [0.2, 0.25) is 0 Å². The molecule has 0 unspecified atom stereocenters. The summed E-state index contributed by atoms with van der Waals surface area (Å²) in [6, 6.07) is 12.2. The lowest BCUT2D eigenvalue weighted by Crippen LogP contribution is -2.20. The molecule has 2 amide bonds. The largest absolute Gasteiger partial charge is 0.493 e. The van der Waals surface area contributed by atoms with E-state index in [4.69, 9.17) is 15.2 Å². The van der Waals surface area contributed by atoms with E-state index < -0.39 is 5.91 Å². The van der Waals surface area contributed by atoms with Gasteiger partial charge in [-0.25, -0.2) is 0 Å². The van der Waals surface area contributed by atoms with Gasteiger partial charge < -0.3 is 20.5 Å². The van der Waals surface area contributed by atoms with Crippen LogP contribution in [0.1, 0.15) is 21.5 Å². The molecule has 0 saturated heterocycles. The topological polar surface area (TPSA) is 90.6 Å². The number of ether oxygens (including phenoxy) is 2. The highest BCUT2D eigenvalue weighted by molar-refractivity contribution is 5.93. The van der Waals surface area contributed by atoms with Crippen LogP contribution in [0.4, 0.5) is 0 Å². The fraction of sp³-hybridized carbons (Fsp3) is 0.143. The Morgan fingerprint density at radius 2 is 2.00 bits per heavy atom. The molecule has 3 N–H and O–H groups in total. The molecule has 0 saturated carbocycles. The molecule has 140 valence electrons. The summed E-state index contributed by atoms with van der Waals surface area (Å²) in [4.78, 5) is 23.2. The monoisotopic (exact) mass is 366 g/mol. The Kier molecular flexibility index (Phi) is 7.19. The first kappa shape index (κ1) is 19.8. The van der Waals surface area contributed by atoms with Crippen LogP contribution in [-0.4, -0.2) is 25.5 Å². The summed E-state index contributed by atoms with van der Waals surface area (Å²) in [6.07, 6.45) is 4.75. The summed E-state index contributed by atoms with van der Waals surface area (Å²) in [5.41, 5.74) is 7.24. The number of benzene rings is 2. The summed E-state index contributed by atoms with van der Waals surface area (Å²) in [5, 5.41) is 2.76. The van der Waals surface area contributed by atoms with Gasteiger partial charge in [0.15, 0.2) is 11.5 Å². The maximum atomic E-state index is 12.0. The van der Waals surface area contributed by atoms with Gasteiger partial charge in [0.2, 0.25) is 11.8 Å². The van der Waals surface area contributed by atoms with E-state index in [1.165, 1.54) is 6.08 Å². The zero-order valence-corrected chi connectivity index (χ0v) is 15.1. The molecule has 0 aliphatic heterocycles. The Morgan fingerprint density at radius 3 is 2.70 bits per heavy atom. The van der Waals surface area contributed by atoms with Gasteiger partial charge in [-0.15, -0.1) is 0 Å². The lowest BCUT2D eigenvalue weighted by Gasteiger charge is -2.09. The molecule has 2 rings (SSSR count). The van der Waals surface area contributed by atoms with Crippen LogP contribution in [-0.2, 0) is 11.3 Å². The number of primary amides is 1. The fourth-order valence-corrected chi connectivity index (χ4v) is 2.31. The third-order valence-corrected chi connectivity index (χ3v) is 3.65. The van der Waals surface area contributed by atoms with Gasteiger partial charge >= 0.3 is 0 Å². The minimum atomic E-state index is -0.502. The zero-order valence-electron chi connectivity index (χ0n) is 15.1. The second-order valence-electron chi connectivity index (χ2n) is 5.63. The SMILES string of the molecule is C=CCOc1ccc(/C=C/C(=O)NCc2cccc(C(N)=O)c2)cc1OC. The van der Waals surface area contributed by atoms with E-state index in [-0.39, 0.29) is 5.91 Å². The van der Waals surface area contributed by atoms with E-state index in [9.17, 15) is 9.59 Å². The lowest BCUT2D eigenvalue weighted by atomic mass is 10.1. The van der Waals surface area contributed by atoms with Crippen LogP contribution in [0.15, 0.2) is 61.2 Å². The third kappa shape index (κ3) is 6.04. The molecule has 0 spiro atoms. The van der Waals surface area contributed by atoms with Crippen LogP contribution < -0.4 is 20.5 Å². The number of nitrogens with two attached hydrogens (primary N) is 1. The number of carbonyl (C=O) groups excluding carboxylic acids is 2. The van der Waals surface area contributed by atoms with Crippen LogP contribution in [0, 0.1) is 0 Å². The molecule has 0 atom stereocenters. The lowest BCUT2D eigenvalue weighted by molar-refractivity contribution is -0.116. The molecular weight excluding hydrogens is 344 g/mol. The normalized spacial score (nSPS) is 10.4. The van der Waals surface area contributed by atoms with Crippen LogP contribution >= 0.6 is 0 Å². The Morgan fingerprint density at radius 1 is 1.19 bits per heavy atom. The maximum Gasteiger partial charge on any atom is 0.248 e. The Labute approximate surface area is 158 Å². The third-order valence-electron chi connectivity index (χ3n) is 3.65. The molecule has 0 aromatic heterocycles. The van der Waals surface area contributed by atoms with Crippen molar-refractivity contribution in [3.05, 3.63) is 77.9 Å². The molecule has 2 aromatic carbocycles. The van der Waals surface area contributed by atoms with Crippen LogP contribution in [0.3, 0.4) is 0 Å². The first-order chi connectivity index (χ1) is 13.0. The minimum absolute atomic E-state index is 0.259. The standard InChI is InChI=1S/C21H22N2O4/c1-3-11-27-18-9-7-15(13-19(18)26-2)8-10-20(24)23-14-16-5-4-6-17(12-16)21(22)25/h3-10,12-13H,1,11,14H2,2H3,(H2,22,25)(H,23,24)/b10-8+. The van der Waals surface area contributed by atoms with Gasteiger partial charge in [0.25, 0.3) is 0 Å².